The number of ether oxygens (including phenoxy) is 1. The summed E-state index contributed by atoms with van der Waals surface area (Å²) >= 11 is 0. The maximum atomic E-state index is 13.5. The molecule has 0 bridgehead atoms. The molecule has 0 aromatic heterocycles. The molecule has 0 atom stereocenters. The van der Waals surface area contributed by atoms with Gasteiger partial charge in [0.05, 0.1) is 5.69 Å². The number of piperidine rings is 1. The van der Waals surface area contributed by atoms with Crippen molar-refractivity contribution in [3.63, 3.8) is 0 Å². The first kappa shape index (κ1) is 10.2. The summed E-state index contributed by atoms with van der Waals surface area (Å²) in [4.78, 5) is 0. The standard InChI is InChI=1S/C11H15FN2O/c12-11-9(13)2-1-3-10(11)15-8-4-6-14-7-5-8/h1-3,8,14H,4-7,13H2. The van der Waals surface area contributed by atoms with E-state index in [0.717, 1.165) is 25.9 Å². The molecule has 0 aliphatic carbocycles. The highest BCUT2D eigenvalue weighted by Crippen LogP contribution is 2.24. The third-order valence-corrected chi connectivity index (χ3v) is 2.57. The van der Waals surface area contributed by atoms with Crippen molar-refractivity contribution in [1.29, 1.82) is 0 Å². The van der Waals surface area contributed by atoms with E-state index in [1.807, 2.05) is 0 Å². The molecule has 3 N–H and O–H groups in total. The molecule has 1 aliphatic heterocycles. The lowest BCUT2D eigenvalue weighted by atomic mass is 10.1. The van der Waals surface area contributed by atoms with Crippen LogP contribution in [0.15, 0.2) is 18.2 Å². The first-order chi connectivity index (χ1) is 7.27. The average molecular weight is 210 g/mol. The Bertz CT molecular complexity index is 337. The number of nitrogens with one attached hydrogen (secondary N) is 1. The number of rotatable bonds is 2. The Balaban J connectivity index is 2.06. The predicted octanol–water partition coefficient (Wildman–Crippen LogP) is 1.54. The molecule has 0 saturated carbocycles. The van der Waals surface area contributed by atoms with Crippen LogP contribution in [0.2, 0.25) is 0 Å². The SMILES string of the molecule is Nc1cccc(OC2CCNCC2)c1F. The van der Waals surface area contributed by atoms with E-state index in [0.29, 0.717) is 0 Å². The average Bonchev–Trinajstić information content (AvgIpc) is 2.26. The molecule has 0 unspecified atom stereocenters. The summed E-state index contributed by atoms with van der Waals surface area (Å²) in [5.41, 5.74) is 5.60. The van der Waals surface area contributed by atoms with Crippen LogP contribution in [0.5, 0.6) is 5.75 Å². The van der Waals surface area contributed by atoms with Crippen molar-refractivity contribution < 1.29 is 9.13 Å². The van der Waals surface area contributed by atoms with Crippen molar-refractivity contribution in [2.45, 2.75) is 18.9 Å². The van der Waals surface area contributed by atoms with Crippen molar-refractivity contribution in [2.75, 3.05) is 18.8 Å². The molecule has 0 amide bonds. The van der Waals surface area contributed by atoms with Crippen LogP contribution in [-0.4, -0.2) is 19.2 Å². The van der Waals surface area contributed by atoms with Crippen LogP contribution in [0.4, 0.5) is 10.1 Å². The highest BCUT2D eigenvalue weighted by Gasteiger charge is 2.16. The summed E-state index contributed by atoms with van der Waals surface area (Å²) < 4.78 is 19.1. The van der Waals surface area contributed by atoms with Gasteiger partial charge < -0.3 is 15.8 Å². The Morgan fingerprint density at radius 3 is 2.80 bits per heavy atom. The second kappa shape index (κ2) is 4.49. The normalized spacial score (nSPS) is 17.7. The van der Waals surface area contributed by atoms with Crippen LogP contribution in [0, 0.1) is 5.82 Å². The summed E-state index contributed by atoms with van der Waals surface area (Å²) in [5, 5.41) is 3.23. The van der Waals surface area contributed by atoms with Gasteiger partial charge in [0.2, 0.25) is 0 Å². The molecule has 82 valence electrons. The number of halogens is 1. The molecular formula is C11H15FN2O. The highest BCUT2D eigenvalue weighted by atomic mass is 19.1. The molecule has 1 fully saturated rings. The number of nitrogen functional groups attached to an aromatic ring is 1. The quantitative estimate of drug-likeness (QED) is 0.728. The topological polar surface area (TPSA) is 47.3 Å². The van der Waals surface area contributed by atoms with Gasteiger partial charge in [0.25, 0.3) is 0 Å². The second-order valence-electron chi connectivity index (χ2n) is 3.73. The minimum atomic E-state index is -0.448. The zero-order chi connectivity index (χ0) is 10.7. The monoisotopic (exact) mass is 210 g/mol. The molecule has 2 rings (SSSR count). The summed E-state index contributed by atoms with van der Waals surface area (Å²) in [5.74, 6) is -0.182. The molecule has 1 aromatic rings. The Hall–Kier alpha value is -1.29. The van der Waals surface area contributed by atoms with Gasteiger partial charge >= 0.3 is 0 Å². The van der Waals surface area contributed by atoms with Crippen LogP contribution in [0.3, 0.4) is 0 Å². The van der Waals surface area contributed by atoms with Crippen LogP contribution in [0.25, 0.3) is 0 Å². The fourth-order valence-electron chi connectivity index (χ4n) is 1.71. The third kappa shape index (κ3) is 2.39. The van der Waals surface area contributed by atoms with Crippen molar-refractivity contribution in [3.8, 4) is 5.75 Å². The zero-order valence-electron chi connectivity index (χ0n) is 8.50. The molecule has 1 aromatic carbocycles. The molecule has 3 nitrogen and oxygen atoms in total. The summed E-state index contributed by atoms with van der Waals surface area (Å²) in [6.07, 6.45) is 1.92. The molecule has 0 radical (unpaired) electrons. The van der Waals surface area contributed by atoms with E-state index in [2.05, 4.69) is 5.32 Å². The van der Waals surface area contributed by atoms with E-state index in [9.17, 15) is 4.39 Å². The first-order valence-electron chi connectivity index (χ1n) is 5.19. The first-order valence-corrected chi connectivity index (χ1v) is 5.19. The van der Waals surface area contributed by atoms with Crippen molar-refractivity contribution >= 4 is 5.69 Å². The number of hydrogen-bond donors (Lipinski definition) is 2. The smallest absolute Gasteiger partial charge is 0.187 e. The molecule has 15 heavy (non-hydrogen) atoms. The summed E-state index contributed by atoms with van der Waals surface area (Å²) in [7, 11) is 0. The van der Waals surface area contributed by atoms with Crippen LogP contribution in [0.1, 0.15) is 12.8 Å². The Morgan fingerprint density at radius 2 is 2.07 bits per heavy atom. The van der Waals surface area contributed by atoms with Gasteiger partial charge in [-0.3, -0.25) is 0 Å². The molecule has 0 spiro atoms. The molecule has 1 saturated heterocycles. The van der Waals surface area contributed by atoms with Gasteiger partial charge in [-0.05, 0) is 38.1 Å². The summed E-state index contributed by atoms with van der Waals surface area (Å²) in [6.45, 7) is 1.85. The maximum Gasteiger partial charge on any atom is 0.187 e. The van der Waals surface area contributed by atoms with E-state index in [-0.39, 0.29) is 17.5 Å². The van der Waals surface area contributed by atoms with Crippen molar-refractivity contribution in [1.82, 2.24) is 5.32 Å². The van der Waals surface area contributed by atoms with Gasteiger partial charge in [-0.15, -0.1) is 0 Å². The Labute approximate surface area is 88.4 Å². The van der Waals surface area contributed by atoms with Gasteiger partial charge in [-0.1, -0.05) is 6.07 Å². The molecular weight excluding hydrogens is 195 g/mol. The Kier molecular flexibility index (Phi) is 3.06. The van der Waals surface area contributed by atoms with Crippen LogP contribution < -0.4 is 15.8 Å². The number of benzene rings is 1. The van der Waals surface area contributed by atoms with E-state index >= 15 is 0 Å². The number of nitrogens with two attached hydrogens (primary N) is 1. The van der Waals surface area contributed by atoms with Crippen LogP contribution >= 0.6 is 0 Å². The minimum Gasteiger partial charge on any atom is -0.487 e. The van der Waals surface area contributed by atoms with Crippen molar-refractivity contribution in [3.05, 3.63) is 24.0 Å². The fourth-order valence-corrected chi connectivity index (χ4v) is 1.71. The minimum absolute atomic E-state index is 0.0996. The Morgan fingerprint density at radius 1 is 1.33 bits per heavy atom. The lowest BCUT2D eigenvalue weighted by Gasteiger charge is -2.24. The van der Waals surface area contributed by atoms with Gasteiger partial charge in [0.15, 0.2) is 11.6 Å². The molecule has 4 heteroatoms. The van der Waals surface area contributed by atoms with Crippen LogP contribution in [-0.2, 0) is 0 Å². The van der Waals surface area contributed by atoms with E-state index in [4.69, 9.17) is 10.5 Å². The van der Waals surface area contributed by atoms with Gasteiger partial charge in [-0.25, -0.2) is 4.39 Å². The van der Waals surface area contributed by atoms with Gasteiger partial charge in [0.1, 0.15) is 6.10 Å². The van der Waals surface area contributed by atoms with E-state index < -0.39 is 5.82 Å². The third-order valence-electron chi connectivity index (χ3n) is 2.57. The van der Waals surface area contributed by atoms with E-state index in [1.54, 1.807) is 12.1 Å². The number of anilines is 1. The lowest BCUT2D eigenvalue weighted by Crippen LogP contribution is -2.34. The number of hydrogen-bond acceptors (Lipinski definition) is 3. The van der Waals surface area contributed by atoms with Gasteiger partial charge in [0, 0.05) is 0 Å². The van der Waals surface area contributed by atoms with Gasteiger partial charge in [-0.2, -0.15) is 0 Å². The van der Waals surface area contributed by atoms with Crippen molar-refractivity contribution in [2.24, 2.45) is 0 Å². The second-order valence-corrected chi connectivity index (χ2v) is 3.73. The zero-order valence-corrected chi connectivity index (χ0v) is 8.50. The lowest BCUT2D eigenvalue weighted by molar-refractivity contribution is 0.156. The predicted molar refractivity (Wildman–Crippen MR) is 57.3 cm³/mol. The highest BCUT2D eigenvalue weighted by molar-refractivity contribution is 5.45. The molecule has 1 aliphatic rings. The van der Waals surface area contributed by atoms with E-state index in [1.165, 1.54) is 6.07 Å². The largest absolute Gasteiger partial charge is 0.487 e. The fraction of sp³-hybridized carbons (Fsp3) is 0.455. The molecule has 1 heterocycles. The maximum absolute atomic E-state index is 13.5. The summed E-state index contributed by atoms with van der Waals surface area (Å²) in [6, 6.07) is 4.85.